The second kappa shape index (κ2) is 12.9. The number of azo groups is 1. The highest BCUT2D eigenvalue weighted by molar-refractivity contribution is 7.94. The van der Waals surface area contributed by atoms with Crippen molar-refractivity contribution in [1.29, 1.82) is 5.26 Å². The topological polar surface area (TPSA) is 163 Å². The van der Waals surface area contributed by atoms with Crippen LogP contribution in [0, 0.1) is 18.3 Å². The number of hydrogen-bond donors (Lipinski definition) is 2. The zero-order chi connectivity index (χ0) is 26.8. The van der Waals surface area contributed by atoms with Gasteiger partial charge >= 0.3 is 0 Å². The molecule has 13 heteroatoms. The minimum Gasteiger partial charge on any atom is -0.385 e. The van der Waals surface area contributed by atoms with E-state index in [1.165, 1.54) is 24.3 Å². The largest absolute Gasteiger partial charge is 0.385 e. The molecular formula is C23H28N6O5S2. The summed E-state index contributed by atoms with van der Waals surface area (Å²) in [5.41, 5.74) is 1.34. The van der Waals surface area contributed by atoms with E-state index in [0.717, 1.165) is 10.8 Å². The van der Waals surface area contributed by atoms with Crippen LogP contribution >= 0.6 is 0 Å². The van der Waals surface area contributed by atoms with Crippen LogP contribution in [0.2, 0.25) is 0 Å². The second-order valence-corrected chi connectivity index (χ2v) is 11.4. The Morgan fingerprint density at radius 1 is 1.06 bits per heavy atom. The van der Waals surface area contributed by atoms with Gasteiger partial charge in [0.25, 0.3) is 0 Å². The number of ether oxygens (including phenoxy) is 1. The van der Waals surface area contributed by atoms with Gasteiger partial charge in [-0.15, -0.1) is 5.11 Å². The maximum Gasteiger partial charge on any atom is 0.199 e. The van der Waals surface area contributed by atoms with Crippen molar-refractivity contribution in [3.05, 3.63) is 59.4 Å². The summed E-state index contributed by atoms with van der Waals surface area (Å²) < 4.78 is 52.5. The molecule has 2 aromatic rings. The zero-order valence-electron chi connectivity index (χ0n) is 20.1. The molecule has 11 nitrogen and oxygen atoms in total. The lowest BCUT2D eigenvalue weighted by atomic mass is 10.1. The molecular weight excluding hydrogens is 504 g/mol. The molecule has 0 saturated heterocycles. The van der Waals surface area contributed by atoms with Crippen molar-refractivity contribution in [3.8, 4) is 6.07 Å². The molecule has 0 amide bonds. The van der Waals surface area contributed by atoms with Gasteiger partial charge < -0.3 is 15.4 Å². The van der Waals surface area contributed by atoms with E-state index in [2.05, 4.69) is 45.1 Å². The van der Waals surface area contributed by atoms with Crippen LogP contribution in [0.25, 0.3) is 0 Å². The van der Waals surface area contributed by atoms with Crippen LogP contribution in [0.15, 0.2) is 63.4 Å². The van der Waals surface area contributed by atoms with Gasteiger partial charge in [0, 0.05) is 43.2 Å². The SMILES string of the molecule is C=CS(=O)(=O)CCNc1nc(NCCCOC)c(C#N)c(C)c1/N=N/c1ccc(S(=O)(=O)C=C)cc1. The Balaban J connectivity index is 2.45. The Hall–Kier alpha value is -3.60. The molecule has 0 spiro atoms. The van der Waals surface area contributed by atoms with Gasteiger partial charge in [0.05, 0.1) is 21.9 Å². The van der Waals surface area contributed by atoms with Crippen molar-refractivity contribution in [1.82, 2.24) is 4.98 Å². The first kappa shape index (κ1) is 28.6. The number of rotatable bonds is 14. The van der Waals surface area contributed by atoms with E-state index in [0.29, 0.717) is 36.6 Å². The molecule has 0 unspecified atom stereocenters. The first-order valence-corrected chi connectivity index (χ1v) is 14.0. The Labute approximate surface area is 211 Å². The van der Waals surface area contributed by atoms with Gasteiger partial charge in [0.2, 0.25) is 0 Å². The van der Waals surface area contributed by atoms with Crippen LogP contribution in [0.3, 0.4) is 0 Å². The molecule has 2 rings (SSSR count). The average Bonchev–Trinajstić information content (AvgIpc) is 2.86. The Bertz CT molecular complexity index is 1380. The highest BCUT2D eigenvalue weighted by Gasteiger charge is 2.18. The molecule has 0 fully saturated rings. The van der Waals surface area contributed by atoms with Crippen LogP contribution in [0.4, 0.5) is 23.0 Å². The number of sulfone groups is 2. The summed E-state index contributed by atoms with van der Waals surface area (Å²) in [6.07, 6.45) is 0.682. The quantitative estimate of drug-likeness (QED) is 0.270. The number of benzene rings is 1. The molecule has 2 N–H and O–H groups in total. The van der Waals surface area contributed by atoms with E-state index in [4.69, 9.17) is 4.74 Å². The standard InChI is InChI=1S/C23H28N6O5S2/c1-5-35(30,31)15-13-26-23-21(17(3)20(16-24)22(27-23)25-12-7-14-34-4)29-28-18-8-10-19(11-9-18)36(32,33)6-2/h5-6,8-11H,1-2,7,12-15H2,3-4H3,(H2,25,26,27)/b29-28+. The second-order valence-electron chi connectivity index (χ2n) is 7.41. The van der Waals surface area contributed by atoms with E-state index in [-0.39, 0.29) is 34.3 Å². The maximum absolute atomic E-state index is 11.9. The van der Waals surface area contributed by atoms with E-state index in [1.54, 1.807) is 14.0 Å². The predicted octanol–water partition coefficient (Wildman–Crippen LogP) is 4.01. The number of pyridine rings is 1. The number of nitrogens with one attached hydrogen (secondary N) is 2. The minimum atomic E-state index is -3.58. The lowest BCUT2D eigenvalue weighted by molar-refractivity contribution is 0.198. The lowest BCUT2D eigenvalue weighted by Gasteiger charge is -2.15. The molecule has 0 aliphatic heterocycles. The number of aromatic nitrogens is 1. The van der Waals surface area contributed by atoms with Gasteiger partial charge in [-0.1, -0.05) is 13.2 Å². The highest BCUT2D eigenvalue weighted by atomic mass is 32.2. The van der Waals surface area contributed by atoms with Crippen molar-refractivity contribution < 1.29 is 21.6 Å². The summed E-state index contributed by atoms with van der Waals surface area (Å²) in [5.74, 6) is 0.330. The third kappa shape index (κ3) is 7.70. The Morgan fingerprint density at radius 2 is 1.72 bits per heavy atom. The van der Waals surface area contributed by atoms with Crippen molar-refractivity contribution >= 4 is 42.7 Å². The minimum absolute atomic E-state index is 0.0203. The Morgan fingerprint density at radius 3 is 2.31 bits per heavy atom. The molecule has 0 radical (unpaired) electrons. The monoisotopic (exact) mass is 532 g/mol. The van der Waals surface area contributed by atoms with Crippen LogP contribution in [0.1, 0.15) is 17.5 Å². The molecule has 0 aliphatic rings. The van der Waals surface area contributed by atoms with Gasteiger partial charge in [-0.2, -0.15) is 10.4 Å². The summed E-state index contributed by atoms with van der Waals surface area (Å²) in [7, 11) is -5.44. The fourth-order valence-electron chi connectivity index (χ4n) is 2.93. The van der Waals surface area contributed by atoms with Crippen molar-refractivity contribution in [3.63, 3.8) is 0 Å². The van der Waals surface area contributed by atoms with Crippen molar-refractivity contribution in [2.75, 3.05) is 43.2 Å². The molecule has 0 bridgehead atoms. The summed E-state index contributed by atoms with van der Waals surface area (Å²) in [5, 5.41) is 25.9. The van der Waals surface area contributed by atoms with E-state index < -0.39 is 19.7 Å². The van der Waals surface area contributed by atoms with Gasteiger partial charge in [-0.25, -0.2) is 21.8 Å². The van der Waals surface area contributed by atoms with E-state index in [9.17, 15) is 22.1 Å². The van der Waals surface area contributed by atoms with Crippen LogP contribution < -0.4 is 10.6 Å². The molecule has 0 atom stereocenters. The summed E-state index contributed by atoms with van der Waals surface area (Å²) in [6, 6.07) is 7.83. The molecule has 192 valence electrons. The molecule has 36 heavy (non-hydrogen) atoms. The fourth-order valence-corrected chi connectivity index (χ4v) is 4.19. The number of nitrogens with zero attached hydrogens (tertiary/aromatic N) is 4. The van der Waals surface area contributed by atoms with Crippen LogP contribution in [0.5, 0.6) is 0 Å². The molecule has 1 aromatic carbocycles. The first-order valence-electron chi connectivity index (χ1n) is 10.7. The van der Waals surface area contributed by atoms with Crippen molar-refractivity contribution in [2.24, 2.45) is 10.2 Å². The third-order valence-electron chi connectivity index (χ3n) is 4.93. The zero-order valence-corrected chi connectivity index (χ0v) is 21.7. The molecule has 0 saturated carbocycles. The normalized spacial score (nSPS) is 11.7. The fraction of sp³-hybridized carbons (Fsp3) is 0.304. The van der Waals surface area contributed by atoms with Gasteiger partial charge in [0.15, 0.2) is 25.5 Å². The number of anilines is 2. The molecule has 1 aromatic heterocycles. The smallest absolute Gasteiger partial charge is 0.199 e. The third-order valence-corrected chi connectivity index (χ3v) is 7.58. The molecule has 1 heterocycles. The van der Waals surface area contributed by atoms with Crippen LogP contribution in [-0.4, -0.2) is 54.4 Å². The van der Waals surface area contributed by atoms with Gasteiger partial charge in [-0.3, -0.25) is 0 Å². The average molecular weight is 533 g/mol. The number of nitriles is 1. The summed E-state index contributed by atoms with van der Waals surface area (Å²) in [6.45, 7) is 9.33. The van der Waals surface area contributed by atoms with Crippen LogP contribution in [-0.2, 0) is 24.4 Å². The van der Waals surface area contributed by atoms with E-state index >= 15 is 0 Å². The van der Waals surface area contributed by atoms with E-state index in [1.807, 2.05) is 0 Å². The summed E-state index contributed by atoms with van der Waals surface area (Å²) >= 11 is 0. The van der Waals surface area contributed by atoms with Gasteiger partial charge in [-0.05, 0) is 37.6 Å². The Kier molecular flexibility index (Phi) is 10.3. The predicted molar refractivity (Wildman–Crippen MR) is 139 cm³/mol. The number of methoxy groups -OCH3 is 1. The first-order chi connectivity index (χ1) is 17.1. The maximum atomic E-state index is 11.9. The van der Waals surface area contributed by atoms with Gasteiger partial charge in [0.1, 0.15) is 17.6 Å². The molecule has 0 aliphatic carbocycles. The number of hydrogen-bond acceptors (Lipinski definition) is 11. The summed E-state index contributed by atoms with van der Waals surface area (Å²) in [4.78, 5) is 4.53. The highest BCUT2D eigenvalue weighted by Crippen LogP contribution is 2.35. The van der Waals surface area contributed by atoms with Crippen molar-refractivity contribution in [2.45, 2.75) is 18.2 Å². The lowest BCUT2D eigenvalue weighted by Crippen LogP contribution is -2.16.